The summed E-state index contributed by atoms with van der Waals surface area (Å²) in [6, 6.07) is 6.25. The average Bonchev–Trinajstić information content (AvgIpc) is 3.23. The van der Waals surface area contributed by atoms with Crippen molar-refractivity contribution in [3.8, 4) is 0 Å². The number of ether oxygens (including phenoxy) is 2. The molecule has 2 aromatic rings. The lowest BCUT2D eigenvalue weighted by molar-refractivity contribution is 0.0844. The van der Waals surface area contributed by atoms with Crippen LogP contribution in [0.1, 0.15) is 27.8 Å². The number of amides is 3. The standard InChI is InChI=1S/C18H21N5O5S/c1-2-28-18(26)19-13-5-3-4-12(10-13)15(24)21-22-16(25)14-11-29-17(20-14)23-6-8-27-9-7-23/h3-5,10-11H,2,6-9H2,1H3,(H,19,26)(H,21,24)(H,22,25). The van der Waals surface area contributed by atoms with E-state index in [0.29, 0.717) is 18.9 Å². The summed E-state index contributed by atoms with van der Waals surface area (Å²) in [5.74, 6) is -1.05. The molecule has 11 heteroatoms. The number of carbonyl (C=O) groups is 3. The monoisotopic (exact) mass is 419 g/mol. The molecule has 1 aliphatic rings. The van der Waals surface area contributed by atoms with E-state index in [1.54, 1.807) is 30.5 Å². The maximum Gasteiger partial charge on any atom is 0.411 e. The summed E-state index contributed by atoms with van der Waals surface area (Å²) in [5.41, 5.74) is 5.56. The second-order valence-corrected chi connectivity index (χ2v) is 6.79. The van der Waals surface area contributed by atoms with E-state index in [4.69, 9.17) is 9.47 Å². The van der Waals surface area contributed by atoms with Crippen molar-refractivity contribution >= 4 is 40.1 Å². The highest BCUT2D eigenvalue weighted by Crippen LogP contribution is 2.21. The molecular formula is C18H21N5O5S. The third-order valence-electron chi connectivity index (χ3n) is 3.94. The molecule has 3 N–H and O–H groups in total. The van der Waals surface area contributed by atoms with E-state index in [1.807, 2.05) is 4.90 Å². The molecule has 1 saturated heterocycles. The lowest BCUT2D eigenvalue weighted by atomic mass is 10.2. The highest BCUT2D eigenvalue weighted by atomic mass is 32.1. The Morgan fingerprint density at radius 2 is 1.97 bits per heavy atom. The van der Waals surface area contributed by atoms with Crippen LogP contribution >= 0.6 is 11.3 Å². The second kappa shape index (κ2) is 9.85. The third kappa shape index (κ3) is 5.65. The first kappa shape index (κ1) is 20.6. The zero-order chi connectivity index (χ0) is 20.6. The molecule has 0 saturated carbocycles. The highest BCUT2D eigenvalue weighted by molar-refractivity contribution is 7.13. The topological polar surface area (TPSA) is 122 Å². The Morgan fingerprint density at radius 1 is 1.21 bits per heavy atom. The summed E-state index contributed by atoms with van der Waals surface area (Å²) in [6.45, 7) is 4.63. The fourth-order valence-electron chi connectivity index (χ4n) is 2.54. The molecule has 1 aromatic heterocycles. The molecule has 0 aliphatic carbocycles. The third-order valence-corrected chi connectivity index (χ3v) is 4.84. The maximum absolute atomic E-state index is 12.3. The van der Waals surface area contributed by atoms with Gasteiger partial charge in [0.05, 0.1) is 19.8 Å². The molecule has 2 heterocycles. The number of hydrogen-bond donors (Lipinski definition) is 3. The second-order valence-electron chi connectivity index (χ2n) is 5.95. The van der Waals surface area contributed by atoms with E-state index in [-0.39, 0.29) is 17.9 Å². The summed E-state index contributed by atoms with van der Waals surface area (Å²) in [7, 11) is 0. The van der Waals surface area contributed by atoms with Gasteiger partial charge >= 0.3 is 6.09 Å². The van der Waals surface area contributed by atoms with Crippen LogP contribution in [0.25, 0.3) is 0 Å². The van der Waals surface area contributed by atoms with E-state index in [0.717, 1.165) is 18.2 Å². The number of thiazole rings is 1. The van der Waals surface area contributed by atoms with Crippen molar-refractivity contribution in [1.29, 1.82) is 0 Å². The van der Waals surface area contributed by atoms with Crippen LogP contribution in [0.5, 0.6) is 0 Å². The molecule has 0 spiro atoms. The largest absolute Gasteiger partial charge is 0.450 e. The van der Waals surface area contributed by atoms with Crippen molar-refractivity contribution < 1.29 is 23.9 Å². The number of benzene rings is 1. The first-order chi connectivity index (χ1) is 14.1. The van der Waals surface area contributed by atoms with Gasteiger partial charge in [-0.15, -0.1) is 11.3 Å². The molecule has 10 nitrogen and oxygen atoms in total. The molecule has 1 aliphatic heterocycles. The predicted octanol–water partition coefficient (Wildman–Crippen LogP) is 1.62. The van der Waals surface area contributed by atoms with E-state index < -0.39 is 17.9 Å². The van der Waals surface area contributed by atoms with Crippen molar-refractivity contribution in [3.05, 3.63) is 40.9 Å². The Kier molecular flexibility index (Phi) is 6.98. The summed E-state index contributed by atoms with van der Waals surface area (Å²) < 4.78 is 10.1. The van der Waals surface area contributed by atoms with Crippen molar-refractivity contribution in [2.45, 2.75) is 6.92 Å². The SMILES string of the molecule is CCOC(=O)Nc1cccc(C(=O)NNC(=O)c2csc(N3CCOCC3)n2)c1. The van der Waals surface area contributed by atoms with Crippen LogP contribution in [-0.4, -0.2) is 55.8 Å². The van der Waals surface area contributed by atoms with Crippen LogP contribution < -0.4 is 21.1 Å². The number of aromatic nitrogens is 1. The van der Waals surface area contributed by atoms with Crippen LogP contribution in [0.15, 0.2) is 29.6 Å². The van der Waals surface area contributed by atoms with Gasteiger partial charge in [0, 0.05) is 29.7 Å². The summed E-state index contributed by atoms with van der Waals surface area (Å²) in [4.78, 5) is 42.4. The Bertz CT molecular complexity index is 881. The molecule has 0 radical (unpaired) electrons. The molecule has 154 valence electrons. The van der Waals surface area contributed by atoms with Crippen molar-refractivity contribution in [2.75, 3.05) is 43.1 Å². The lowest BCUT2D eigenvalue weighted by Crippen LogP contribution is -2.42. The Morgan fingerprint density at radius 3 is 2.72 bits per heavy atom. The minimum absolute atomic E-state index is 0.217. The number of nitrogens with zero attached hydrogens (tertiary/aromatic N) is 2. The van der Waals surface area contributed by atoms with Gasteiger partial charge in [-0.3, -0.25) is 25.8 Å². The van der Waals surface area contributed by atoms with Crippen molar-refractivity contribution in [3.63, 3.8) is 0 Å². The van der Waals surface area contributed by atoms with Crippen LogP contribution in [0.3, 0.4) is 0 Å². The summed E-state index contributed by atoms with van der Waals surface area (Å²) >= 11 is 1.36. The Labute approximate surface area is 171 Å². The lowest BCUT2D eigenvalue weighted by Gasteiger charge is -2.25. The molecule has 0 atom stereocenters. The van der Waals surface area contributed by atoms with Crippen LogP contribution in [0.2, 0.25) is 0 Å². The van der Waals surface area contributed by atoms with E-state index in [2.05, 4.69) is 21.2 Å². The molecular weight excluding hydrogens is 398 g/mol. The maximum atomic E-state index is 12.3. The number of hydrogen-bond acceptors (Lipinski definition) is 8. The molecule has 1 aromatic carbocycles. The van der Waals surface area contributed by atoms with Crippen LogP contribution in [0.4, 0.5) is 15.6 Å². The van der Waals surface area contributed by atoms with Gasteiger partial charge in [0.15, 0.2) is 5.13 Å². The van der Waals surface area contributed by atoms with E-state index >= 15 is 0 Å². The smallest absolute Gasteiger partial charge is 0.411 e. The van der Waals surface area contributed by atoms with Crippen LogP contribution in [-0.2, 0) is 9.47 Å². The fourth-order valence-corrected chi connectivity index (χ4v) is 3.40. The summed E-state index contributed by atoms with van der Waals surface area (Å²) in [5, 5.41) is 4.89. The van der Waals surface area contributed by atoms with Gasteiger partial charge in [0.25, 0.3) is 11.8 Å². The predicted molar refractivity (Wildman–Crippen MR) is 107 cm³/mol. The molecule has 0 bridgehead atoms. The normalized spacial score (nSPS) is 13.5. The highest BCUT2D eigenvalue weighted by Gasteiger charge is 2.18. The van der Waals surface area contributed by atoms with E-state index in [9.17, 15) is 14.4 Å². The zero-order valence-electron chi connectivity index (χ0n) is 15.8. The Hall–Kier alpha value is -3.18. The molecule has 0 unspecified atom stereocenters. The number of anilines is 2. The van der Waals surface area contributed by atoms with Gasteiger partial charge in [-0.05, 0) is 25.1 Å². The van der Waals surface area contributed by atoms with Gasteiger partial charge in [-0.2, -0.15) is 0 Å². The van der Waals surface area contributed by atoms with Crippen LogP contribution in [0, 0.1) is 0 Å². The quantitative estimate of drug-likeness (QED) is 0.630. The van der Waals surface area contributed by atoms with Crippen molar-refractivity contribution in [2.24, 2.45) is 0 Å². The summed E-state index contributed by atoms with van der Waals surface area (Å²) in [6.07, 6.45) is -0.613. The number of carbonyl (C=O) groups excluding carboxylic acids is 3. The zero-order valence-corrected chi connectivity index (χ0v) is 16.6. The number of hydrazine groups is 1. The molecule has 3 rings (SSSR count). The van der Waals surface area contributed by atoms with Gasteiger partial charge < -0.3 is 14.4 Å². The molecule has 29 heavy (non-hydrogen) atoms. The van der Waals surface area contributed by atoms with Crippen molar-refractivity contribution in [1.82, 2.24) is 15.8 Å². The average molecular weight is 419 g/mol. The van der Waals surface area contributed by atoms with Gasteiger partial charge in [0.1, 0.15) is 5.69 Å². The minimum atomic E-state index is -0.613. The number of rotatable bonds is 5. The number of nitrogens with one attached hydrogen (secondary N) is 3. The van der Waals surface area contributed by atoms with Gasteiger partial charge in [-0.25, -0.2) is 9.78 Å². The minimum Gasteiger partial charge on any atom is -0.450 e. The molecule has 3 amide bonds. The van der Waals surface area contributed by atoms with Gasteiger partial charge in [0.2, 0.25) is 0 Å². The first-order valence-electron chi connectivity index (χ1n) is 8.99. The van der Waals surface area contributed by atoms with Gasteiger partial charge in [-0.1, -0.05) is 6.07 Å². The fraction of sp³-hybridized carbons (Fsp3) is 0.333. The Balaban J connectivity index is 1.54. The molecule has 1 fully saturated rings. The van der Waals surface area contributed by atoms with E-state index in [1.165, 1.54) is 17.4 Å². The first-order valence-corrected chi connectivity index (χ1v) is 9.87. The number of morpholine rings is 1.